The third-order valence-electron chi connectivity index (χ3n) is 2.57. The molecule has 14 heavy (non-hydrogen) atoms. The van der Waals surface area contributed by atoms with Gasteiger partial charge in [0.25, 0.3) is 0 Å². The fourth-order valence-electron chi connectivity index (χ4n) is 1.59. The molecule has 0 radical (unpaired) electrons. The number of rotatable bonds is 6. The standard InChI is InChI=1S/C12H22N2/c1-3-4-5-6-8-14-9-7-12(10-14)11(2)13/h7,9-11H,3-6,8,13H2,1-2H3. The molecule has 80 valence electrons. The Morgan fingerprint density at radius 3 is 2.71 bits per heavy atom. The molecule has 2 nitrogen and oxygen atoms in total. The fraction of sp³-hybridized carbons (Fsp3) is 0.667. The topological polar surface area (TPSA) is 30.9 Å². The van der Waals surface area contributed by atoms with Gasteiger partial charge in [0, 0.05) is 25.0 Å². The Kier molecular flexibility index (Phi) is 4.74. The lowest BCUT2D eigenvalue weighted by Gasteiger charge is -2.03. The first-order valence-corrected chi connectivity index (χ1v) is 5.65. The molecule has 1 unspecified atom stereocenters. The van der Waals surface area contributed by atoms with Crippen molar-refractivity contribution in [3.8, 4) is 0 Å². The molecule has 0 fully saturated rings. The van der Waals surface area contributed by atoms with E-state index in [1.54, 1.807) is 0 Å². The molecule has 0 spiro atoms. The smallest absolute Gasteiger partial charge is 0.0281 e. The van der Waals surface area contributed by atoms with Gasteiger partial charge in [0.15, 0.2) is 0 Å². The molecule has 0 aliphatic rings. The lowest BCUT2D eigenvalue weighted by molar-refractivity contribution is 0.583. The third-order valence-corrected chi connectivity index (χ3v) is 2.57. The number of hydrogen-bond donors (Lipinski definition) is 1. The van der Waals surface area contributed by atoms with Gasteiger partial charge in [-0.05, 0) is 25.0 Å². The SMILES string of the molecule is CCCCCCn1ccc(C(C)N)c1. The summed E-state index contributed by atoms with van der Waals surface area (Å²) in [6.45, 7) is 5.40. The van der Waals surface area contributed by atoms with Crippen molar-refractivity contribution in [1.82, 2.24) is 4.57 Å². The molecule has 0 aliphatic heterocycles. The van der Waals surface area contributed by atoms with Gasteiger partial charge >= 0.3 is 0 Å². The summed E-state index contributed by atoms with van der Waals surface area (Å²) in [5.41, 5.74) is 7.03. The van der Waals surface area contributed by atoms with Gasteiger partial charge in [0.2, 0.25) is 0 Å². The van der Waals surface area contributed by atoms with Gasteiger partial charge in [0.05, 0.1) is 0 Å². The van der Waals surface area contributed by atoms with Gasteiger partial charge in [-0.15, -0.1) is 0 Å². The molecule has 2 heteroatoms. The van der Waals surface area contributed by atoms with Crippen LogP contribution in [0, 0.1) is 0 Å². The Labute approximate surface area is 87.1 Å². The Hall–Kier alpha value is -0.760. The van der Waals surface area contributed by atoms with E-state index in [1.807, 2.05) is 6.92 Å². The van der Waals surface area contributed by atoms with E-state index in [4.69, 9.17) is 5.73 Å². The molecule has 1 rings (SSSR count). The first kappa shape index (κ1) is 11.3. The van der Waals surface area contributed by atoms with Crippen molar-refractivity contribution in [3.63, 3.8) is 0 Å². The lowest BCUT2D eigenvalue weighted by atomic mass is 10.2. The largest absolute Gasteiger partial charge is 0.354 e. The normalized spacial score (nSPS) is 13.1. The highest BCUT2D eigenvalue weighted by atomic mass is 14.9. The summed E-state index contributed by atoms with van der Waals surface area (Å²) in [5, 5.41) is 0. The van der Waals surface area contributed by atoms with Crippen molar-refractivity contribution in [2.45, 2.75) is 52.1 Å². The van der Waals surface area contributed by atoms with Crippen LogP contribution in [0.1, 0.15) is 51.1 Å². The van der Waals surface area contributed by atoms with E-state index in [2.05, 4.69) is 30.0 Å². The molecule has 1 atom stereocenters. The van der Waals surface area contributed by atoms with Crippen LogP contribution in [0.5, 0.6) is 0 Å². The highest BCUT2D eigenvalue weighted by Crippen LogP contribution is 2.10. The molecule has 1 heterocycles. The fourth-order valence-corrected chi connectivity index (χ4v) is 1.59. The summed E-state index contributed by atoms with van der Waals surface area (Å²) in [4.78, 5) is 0. The second kappa shape index (κ2) is 5.86. The van der Waals surface area contributed by atoms with Gasteiger partial charge in [-0.25, -0.2) is 0 Å². The van der Waals surface area contributed by atoms with Crippen LogP contribution in [0.15, 0.2) is 18.5 Å². The third kappa shape index (κ3) is 3.54. The van der Waals surface area contributed by atoms with E-state index >= 15 is 0 Å². The van der Waals surface area contributed by atoms with Crippen LogP contribution < -0.4 is 5.73 Å². The molecular formula is C12H22N2. The summed E-state index contributed by atoms with van der Waals surface area (Å²) < 4.78 is 2.24. The summed E-state index contributed by atoms with van der Waals surface area (Å²) in [6, 6.07) is 2.27. The van der Waals surface area contributed by atoms with Crippen LogP contribution in [-0.4, -0.2) is 4.57 Å². The molecule has 0 amide bonds. The van der Waals surface area contributed by atoms with Crippen molar-refractivity contribution < 1.29 is 0 Å². The van der Waals surface area contributed by atoms with Gasteiger partial charge in [-0.3, -0.25) is 0 Å². The van der Waals surface area contributed by atoms with Crippen LogP contribution in [-0.2, 0) is 6.54 Å². The Morgan fingerprint density at radius 1 is 1.36 bits per heavy atom. The maximum atomic E-state index is 5.79. The van der Waals surface area contributed by atoms with Crippen molar-refractivity contribution in [1.29, 1.82) is 0 Å². The molecular weight excluding hydrogens is 172 g/mol. The Bertz CT molecular complexity index is 251. The quantitative estimate of drug-likeness (QED) is 0.693. The summed E-state index contributed by atoms with van der Waals surface area (Å²) in [7, 11) is 0. The Morgan fingerprint density at radius 2 is 2.14 bits per heavy atom. The Balaban J connectivity index is 2.29. The van der Waals surface area contributed by atoms with Crippen molar-refractivity contribution >= 4 is 0 Å². The summed E-state index contributed by atoms with van der Waals surface area (Å²) >= 11 is 0. The van der Waals surface area contributed by atoms with E-state index in [0.717, 1.165) is 6.54 Å². The van der Waals surface area contributed by atoms with E-state index in [-0.39, 0.29) is 6.04 Å². The number of aryl methyl sites for hydroxylation is 1. The first-order chi connectivity index (χ1) is 6.74. The average molecular weight is 194 g/mol. The van der Waals surface area contributed by atoms with Gasteiger partial charge in [-0.1, -0.05) is 26.2 Å². The number of unbranched alkanes of at least 4 members (excludes halogenated alkanes) is 3. The maximum Gasteiger partial charge on any atom is 0.0281 e. The number of aromatic nitrogens is 1. The zero-order valence-electron chi connectivity index (χ0n) is 9.37. The molecule has 0 aliphatic carbocycles. The second-order valence-corrected chi connectivity index (χ2v) is 4.03. The molecule has 2 N–H and O–H groups in total. The van der Waals surface area contributed by atoms with Crippen molar-refractivity contribution in [2.24, 2.45) is 5.73 Å². The van der Waals surface area contributed by atoms with Crippen LogP contribution in [0.2, 0.25) is 0 Å². The van der Waals surface area contributed by atoms with Gasteiger partial charge < -0.3 is 10.3 Å². The van der Waals surface area contributed by atoms with Crippen molar-refractivity contribution in [2.75, 3.05) is 0 Å². The van der Waals surface area contributed by atoms with E-state index in [1.165, 1.54) is 31.2 Å². The number of hydrogen-bond acceptors (Lipinski definition) is 1. The van der Waals surface area contributed by atoms with Gasteiger partial charge in [-0.2, -0.15) is 0 Å². The average Bonchev–Trinajstić information content (AvgIpc) is 2.61. The second-order valence-electron chi connectivity index (χ2n) is 4.03. The molecule has 0 saturated heterocycles. The highest BCUT2D eigenvalue weighted by Gasteiger charge is 2.00. The summed E-state index contributed by atoms with van der Waals surface area (Å²) in [6.07, 6.45) is 9.56. The summed E-state index contributed by atoms with van der Waals surface area (Å²) in [5.74, 6) is 0. The minimum Gasteiger partial charge on any atom is -0.354 e. The van der Waals surface area contributed by atoms with E-state index in [9.17, 15) is 0 Å². The van der Waals surface area contributed by atoms with Crippen LogP contribution in [0.3, 0.4) is 0 Å². The zero-order chi connectivity index (χ0) is 10.4. The molecule has 0 saturated carbocycles. The predicted octanol–water partition coefficient (Wildman–Crippen LogP) is 3.09. The monoisotopic (exact) mass is 194 g/mol. The van der Waals surface area contributed by atoms with Crippen molar-refractivity contribution in [3.05, 3.63) is 24.0 Å². The number of nitrogens with two attached hydrogens (primary N) is 1. The number of nitrogens with zero attached hydrogens (tertiary/aromatic N) is 1. The van der Waals surface area contributed by atoms with Crippen LogP contribution >= 0.6 is 0 Å². The van der Waals surface area contributed by atoms with Crippen LogP contribution in [0.4, 0.5) is 0 Å². The minimum atomic E-state index is 0.159. The molecule has 1 aromatic rings. The van der Waals surface area contributed by atoms with Crippen LogP contribution in [0.25, 0.3) is 0 Å². The molecule has 0 aromatic carbocycles. The zero-order valence-corrected chi connectivity index (χ0v) is 9.37. The minimum absolute atomic E-state index is 0.159. The first-order valence-electron chi connectivity index (χ1n) is 5.65. The maximum absolute atomic E-state index is 5.79. The predicted molar refractivity (Wildman–Crippen MR) is 61.2 cm³/mol. The van der Waals surface area contributed by atoms with Gasteiger partial charge in [0.1, 0.15) is 0 Å². The highest BCUT2D eigenvalue weighted by molar-refractivity contribution is 5.13. The van der Waals surface area contributed by atoms with E-state index < -0.39 is 0 Å². The molecule has 1 aromatic heterocycles. The molecule has 0 bridgehead atoms. The lowest BCUT2D eigenvalue weighted by Crippen LogP contribution is -2.03. The van der Waals surface area contributed by atoms with E-state index in [0.29, 0.717) is 0 Å².